The largest absolute Gasteiger partial charge is 0.359 e. The van der Waals surface area contributed by atoms with Gasteiger partial charge in [0.2, 0.25) is 0 Å². The molecule has 0 bridgehead atoms. The molecule has 0 atom stereocenters. The Bertz CT molecular complexity index is 935. The fourth-order valence-corrected chi connectivity index (χ4v) is 2.82. The standard InChI is InChI=1S/C18H14F2N4O/c19-18(20)10-24(11-18)13-2-3-15-14(7-13)16(5-6-21-15)23-17-4-1-12(9-25)8-22-17/h1-9H,10-11H2,(H,21,22,23). The van der Waals surface area contributed by atoms with Gasteiger partial charge in [0.05, 0.1) is 24.3 Å². The second-order valence-electron chi connectivity index (χ2n) is 5.99. The van der Waals surface area contributed by atoms with Crippen LogP contribution < -0.4 is 10.2 Å². The predicted molar refractivity (Wildman–Crippen MR) is 91.8 cm³/mol. The zero-order chi connectivity index (χ0) is 17.4. The van der Waals surface area contributed by atoms with E-state index in [0.717, 1.165) is 28.6 Å². The second-order valence-corrected chi connectivity index (χ2v) is 5.99. The van der Waals surface area contributed by atoms with Crippen LogP contribution in [0.5, 0.6) is 0 Å². The smallest absolute Gasteiger partial charge is 0.282 e. The Morgan fingerprint density at radius 2 is 1.96 bits per heavy atom. The topological polar surface area (TPSA) is 58.1 Å². The lowest BCUT2D eigenvalue weighted by molar-refractivity contribution is -0.0262. The molecule has 1 fully saturated rings. The number of halogens is 2. The minimum Gasteiger partial charge on any atom is -0.359 e. The van der Waals surface area contributed by atoms with E-state index in [1.54, 1.807) is 35.4 Å². The van der Waals surface area contributed by atoms with E-state index in [9.17, 15) is 13.6 Å². The number of pyridine rings is 2. The average molecular weight is 340 g/mol. The maximum atomic E-state index is 13.1. The zero-order valence-corrected chi connectivity index (χ0v) is 13.1. The van der Waals surface area contributed by atoms with Gasteiger partial charge in [0.15, 0.2) is 6.29 Å². The van der Waals surface area contributed by atoms with Crippen LogP contribution in [-0.2, 0) is 0 Å². The van der Waals surface area contributed by atoms with E-state index >= 15 is 0 Å². The summed E-state index contributed by atoms with van der Waals surface area (Å²) in [5.74, 6) is -2.03. The molecule has 0 spiro atoms. The van der Waals surface area contributed by atoms with Crippen LogP contribution in [0.15, 0.2) is 48.8 Å². The van der Waals surface area contributed by atoms with Crippen molar-refractivity contribution < 1.29 is 13.6 Å². The number of carbonyl (C=O) groups excluding carboxylic acids is 1. The van der Waals surface area contributed by atoms with Crippen molar-refractivity contribution in [2.24, 2.45) is 0 Å². The van der Waals surface area contributed by atoms with Crippen molar-refractivity contribution in [1.29, 1.82) is 0 Å². The Morgan fingerprint density at radius 1 is 1.12 bits per heavy atom. The molecule has 1 aliphatic rings. The Labute approximate surface area is 142 Å². The molecular formula is C18H14F2N4O. The van der Waals surface area contributed by atoms with Crippen LogP contribution in [0.25, 0.3) is 10.9 Å². The molecule has 1 aliphatic heterocycles. The number of hydrogen-bond acceptors (Lipinski definition) is 5. The molecule has 0 saturated carbocycles. The molecule has 0 radical (unpaired) electrons. The van der Waals surface area contributed by atoms with Crippen LogP contribution in [0.1, 0.15) is 10.4 Å². The second kappa shape index (κ2) is 5.77. The molecule has 1 N–H and O–H groups in total. The van der Waals surface area contributed by atoms with E-state index in [0.29, 0.717) is 11.4 Å². The summed E-state index contributed by atoms with van der Waals surface area (Å²) in [4.78, 5) is 20.8. The van der Waals surface area contributed by atoms with E-state index in [4.69, 9.17) is 0 Å². The van der Waals surface area contributed by atoms with E-state index < -0.39 is 5.92 Å². The predicted octanol–water partition coefficient (Wildman–Crippen LogP) is 3.64. The summed E-state index contributed by atoms with van der Waals surface area (Å²) in [6, 6.07) is 10.6. The molecule has 4 rings (SSSR count). The van der Waals surface area contributed by atoms with Gasteiger partial charge in [0.1, 0.15) is 5.82 Å². The van der Waals surface area contributed by atoms with E-state index in [1.807, 2.05) is 12.1 Å². The Balaban J connectivity index is 1.66. The fourth-order valence-electron chi connectivity index (χ4n) is 2.82. The molecule has 2 aromatic heterocycles. The third-order valence-corrected chi connectivity index (χ3v) is 4.12. The third-order valence-electron chi connectivity index (χ3n) is 4.12. The summed E-state index contributed by atoms with van der Waals surface area (Å²) in [5, 5.41) is 4.00. The van der Waals surface area contributed by atoms with Crippen molar-refractivity contribution in [2.45, 2.75) is 5.92 Å². The number of aldehydes is 1. The Kier molecular flexibility index (Phi) is 3.56. The van der Waals surface area contributed by atoms with Gasteiger partial charge in [-0.3, -0.25) is 9.78 Å². The monoisotopic (exact) mass is 340 g/mol. The fraction of sp³-hybridized carbons (Fsp3) is 0.167. The first-order valence-corrected chi connectivity index (χ1v) is 7.74. The van der Waals surface area contributed by atoms with Crippen molar-refractivity contribution in [3.63, 3.8) is 0 Å². The lowest BCUT2D eigenvalue weighted by Gasteiger charge is -2.40. The number of alkyl halides is 2. The normalized spacial score (nSPS) is 15.7. The quantitative estimate of drug-likeness (QED) is 0.735. The van der Waals surface area contributed by atoms with Gasteiger partial charge in [0, 0.05) is 29.0 Å². The van der Waals surface area contributed by atoms with Gasteiger partial charge in [0.25, 0.3) is 5.92 Å². The summed E-state index contributed by atoms with van der Waals surface area (Å²) in [5.41, 5.74) is 2.75. The molecule has 0 unspecified atom stereocenters. The van der Waals surface area contributed by atoms with Crippen molar-refractivity contribution in [1.82, 2.24) is 9.97 Å². The average Bonchev–Trinajstić information content (AvgIpc) is 2.60. The molecule has 0 amide bonds. The highest BCUT2D eigenvalue weighted by Gasteiger charge is 2.43. The minimum atomic E-state index is -2.62. The maximum absolute atomic E-state index is 13.1. The number of aromatic nitrogens is 2. The van der Waals surface area contributed by atoms with E-state index in [1.165, 1.54) is 6.20 Å². The molecule has 5 nitrogen and oxygen atoms in total. The number of hydrogen-bond donors (Lipinski definition) is 1. The molecule has 3 heterocycles. The van der Waals surface area contributed by atoms with Crippen LogP contribution in [0.2, 0.25) is 0 Å². The number of fused-ring (bicyclic) bond motifs is 1. The summed E-state index contributed by atoms with van der Waals surface area (Å²) in [6.45, 7) is -0.535. The first-order chi connectivity index (χ1) is 12.0. The van der Waals surface area contributed by atoms with Crippen LogP contribution >= 0.6 is 0 Å². The van der Waals surface area contributed by atoms with Crippen LogP contribution in [0, 0.1) is 0 Å². The summed E-state index contributed by atoms with van der Waals surface area (Å²) >= 11 is 0. The van der Waals surface area contributed by atoms with Crippen LogP contribution in [-0.4, -0.2) is 35.3 Å². The number of carbonyl (C=O) groups is 1. The number of benzene rings is 1. The lowest BCUT2D eigenvalue weighted by atomic mass is 10.1. The number of rotatable bonds is 4. The molecule has 0 aliphatic carbocycles. The van der Waals surface area contributed by atoms with Crippen molar-refractivity contribution in [3.05, 3.63) is 54.4 Å². The van der Waals surface area contributed by atoms with Crippen molar-refractivity contribution >= 4 is 34.4 Å². The lowest BCUT2D eigenvalue weighted by Crippen LogP contribution is -2.56. The van der Waals surface area contributed by atoms with E-state index in [-0.39, 0.29) is 13.1 Å². The minimum absolute atomic E-state index is 0.268. The van der Waals surface area contributed by atoms with Crippen molar-refractivity contribution in [2.75, 3.05) is 23.3 Å². The highest BCUT2D eigenvalue weighted by Crippen LogP contribution is 2.34. The molecule has 1 saturated heterocycles. The van der Waals surface area contributed by atoms with Gasteiger partial charge in [-0.1, -0.05) is 0 Å². The molecule has 126 valence electrons. The number of nitrogens with zero attached hydrogens (tertiary/aromatic N) is 3. The Morgan fingerprint density at radius 3 is 2.64 bits per heavy atom. The number of nitrogens with one attached hydrogen (secondary N) is 1. The zero-order valence-electron chi connectivity index (χ0n) is 13.1. The SMILES string of the molecule is O=Cc1ccc(Nc2ccnc3ccc(N4CC(F)(F)C4)cc23)nc1. The first kappa shape index (κ1) is 15.4. The van der Waals surface area contributed by atoms with Gasteiger partial charge < -0.3 is 10.2 Å². The third kappa shape index (κ3) is 3.00. The van der Waals surface area contributed by atoms with Gasteiger partial charge in [-0.25, -0.2) is 13.8 Å². The molecule has 7 heteroatoms. The molecule has 25 heavy (non-hydrogen) atoms. The van der Waals surface area contributed by atoms with E-state index in [2.05, 4.69) is 15.3 Å². The van der Waals surface area contributed by atoms with Crippen molar-refractivity contribution in [3.8, 4) is 0 Å². The summed E-state index contributed by atoms with van der Waals surface area (Å²) in [7, 11) is 0. The summed E-state index contributed by atoms with van der Waals surface area (Å²) in [6.07, 6.45) is 3.88. The maximum Gasteiger partial charge on any atom is 0.282 e. The van der Waals surface area contributed by atoms with Gasteiger partial charge >= 0.3 is 0 Å². The van der Waals surface area contributed by atoms with Gasteiger partial charge in [-0.15, -0.1) is 0 Å². The number of anilines is 3. The molecule has 1 aromatic carbocycles. The van der Waals surface area contributed by atoms with Crippen LogP contribution in [0.4, 0.5) is 26.0 Å². The molecule has 3 aromatic rings. The highest BCUT2D eigenvalue weighted by atomic mass is 19.3. The van der Waals surface area contributed by atoms with Gasteiger partial charge in [-0.05, 0) is 36.4 Å². The van der Waals surface area contributed by atoms with Gasteiger partial charge in [-0.2, -0.15) is 0 Å². The first-order valence-electron chi connectivity index (χ1n) is 7.74. The Hall–Kier alpha value is -3.09. The highest BCUT2D eigenvalue weighted by molar-refractivity contribution is 5.95. The summed E-state index contributed by atoms with van der Waals surface area (Å²) < 4.78 is 26.2. The molecular weight excluding hydrogens is 326 g/mol. The van der Waals surface area contributed by atoms with Crippen LogP contribution in [0.3, 0.4) is 0 Å².